The number of carbonyl (C=O) groups excluding carboxylic acids is 1. The van der Waals surface area contributed by atoms with Crippen molar-refractivity contribution in [2.75, 3.05) is 49.6 Å². The van der Waals surface area contributed by atoms with Crippen molar-refractivity contribution in [3.63, 3.8) is 0 Å². The summed E-state index contributed by atoms with van der Waals surface area (Å²) < 4.78 is 56.2. The van der Waals surface area contributed by atoms with E-state index in [-0.39, 0.29) is 18.3 Å². The number of halogens is 3. The highest BCUT2D eigenvalue weighted by Crippen LogP contribution is 2.31. The predicted octanol–water partition coefficient (Wildman–Crippen LogP) is 5.74. The summed E-state index contributed by atoms with van der Waals surface area (Å²) in [5, 5.41) is 6.30. The van der Waals surface area contributed by atoms with Crippen LogP contribution in [0, 0.1) is 23.4 Å². The van der Waals surface area contributed by atoms with Crippen LogP contribution in [0.2, 0.25) is 0 Å². The van der Waals surface area contributed by atoms with Crippen molar-refractivity contribution >= 4 is 17.5 Å². The summed E-state index contributed by atoms with van der Waals surface area (Å²) in [6.07, 6.45) is 3.74. The molecule has 0 bridgehead atoms. The monoisotopic (exact) mass is 626 g/mol. The van der Waals surface area contributed by atoms with Crippen molar-refractivity contribution in [2.45, 2.75) is 58.8 Å². The van der Waals surface area contributed by atoms with Gasteiger partial charge in [0.05, 0.1) is 48.6 Å². The van der Waals surface area contributed by atoms with Crippen molar-refractivity contribution in [1.29, 1.82) is 0 Å². The number of ether oxygens (including phenoxy) is 2. The van der Waals surface area contributed by atoms with Crippen LogP contribution in [0.1, 0.15) is 45.4 Å². The molecule has 45 heavy (non-hydrogen) atoms. The Morgan fingerprint density at radius 3 is 2.51 bits per heavy atom. The molecule has 2 saturated heterocycles. The van der Waals surface area contributed by atoms with E-state index in [0.717, 1.165) is 18.7 Å². The zero-order valence-electron chi connectivity index (χ0n) is 26.2. The lowest BCUT2D eigenvalue weighted by Gasteiger charge is -2.39. The molecule has 3 aromatic rings. The molecule has 12 heteroatoms. The Hall–Kier alpha value is -3.90. The maximum Gasteiger partial charge on any atom is 0.407 e. The lowest BCUT2D eigenvalue weighted by Crippen LogP contribution is -2.51. The first kappa shape index (κ1) is 32.5. The topological polar surface area (TPSA) is 91.8 Å². The number of carbonyl (C=O) groups is 1. The van der Waals surface area contributed by atoms with E-state index in [2.05, 4.69) is 37.3 Å². The fourth-order valence-electron chi connectivity index (χ4n) is 5.83. The van der Waals surface area contributed by atoms with Gasteiger partial charge in [-0.3, -0.25) is 9.88 Å². The number of morpholine rings is 1. The summed E-state index contributed by atoms with van der Waals surface area (Å²) in [5.41, 5.74) is 0.984. The van der Waals surface area contributed by atoms with Crippen LogP contribution in [0.4, 0.5) is 29.3 Å². The minimum absolute atomic E-state index is 0.115. The molecule has 2 aliphatic heterocycles. The quantitative estimate of drug-likeness (QED) is 0.327. The van der Waals surface area contributed by atoms with E-state index in [1.165, 1.54) is 24.3 Å². The number of alkyl carbamates (subject to hydrolysis) is 1. The number of benzene rings is 1. The molecular formula is C33H41F3N6O3. The summed E-state index contributed by atoms with van der Waals surface area (Å²) >= 11 is 0. The van der Waals surface area contributed by atoms with Crippen molar-refractivity contribution in [3.8, 4) is 11.3 Å². The first-order valence-corrected chi connectivity index (χ1v) is 15.3. The number of pyridine rings is 2. The molecule has 2 atom stereocenters. The largest absolute Gasteiger partial charge is 0.444 e. The summed E-state index contributed by atoms with van der Waals surface area (Å²) in [7, 11) is 0. The standard InChI is InChI=1S/C33H41F3N6O3/c1-21-13-24(40-32(43)45-33(2,3)4)20-42(18-21)29-7-8-37-17-28(29)38-16-23-5-6-25(34)31(39-23)30-26(35)14-22(15-27(30)36)19-41-9-11-44-12-10-41/h5-8,14-15,17,21,24,38H,9-13,16,18-20H2,1-4H3,(H,40,43). The van der Waals surface area contributed by atoms with Gasteiger partial charge in [-0.25, -0.2) is 22.9 Å². The molecule has 2 aromatic heterocycles. The van der Waals surface area contributed by atoms with Crippen molar-refractivity contribution in [1.82, 2.24) is 20.2 Å². The third kappa shape index (κ3) is 8.64. The van der Waals surface area contributed by atoms with Gasteiger partial charge in [0.1, 0.15) is 28.7 Å². The third-order valence-corrected chi connectivity index (χ3v) is 7.73. The molecule has 1 amide bonds. The van der Waals surface area contributed by atoms with Crippen LogP contribution < -0.4 is 15.5 Å². The van der Waals surface area contributed by atoms with Gasteiger partial charge in [0.25, 0.3) is 0 Å². The zero-order valence-corrected chi connectivity index (χ0v) is 26.2. The number of nitrogens with one attached hydrogen (secondary N) is 2. The fraction of sp³-hybridized carbons (Fsp3) is 0.485. The molecule has 0 saturated carbocycles. The molecule has 0 spiro atoms. The number of piperidine rings is 1. The fourth-order valence-corrected chi connectivity index (χ4v) is 5.83. The summed E-state index contributed by atoms with van der Waals surface area (Å²) in [5.74, 6) is -2.24. The summed E-state index contributed by atoms with van der Waals surface area (Å²) in [6, 6.07) is 6.91. The van der Waals surface area contributed by atoms with Crippen LogP contribution in [0.5, 0.6) is 0 Å². The van der Waals surface area contributed by atoms with Crippen LogP contribution in [0.15, 0.2) is 42.7 Å². The lowest BCUT2D eigenvalue weighted by atomic mass is 9.95. The van der Waals surface area contributed by atoms with Gasteiger partial charge in [0, 0.05) is 45.0 Å². The molecule has 5 rings (SSSR count). The maximum absolute atomic E-state index is 15.2. The van der Waals surface area contributed by atoms with Gasteiger partial charge >= 0.3 is 6.09 Å². The minimum Gasteiger partial charge on any atom is -0.444 e. The Labute approximate surface area is 262 Å². The Kier molecular flexibility index (Phi) is 10.1. The van der Waals surface area contributed by atoms with Gasteiger partial charge in [-0.05, 0) is 69.0 Å². The van der Waals surface area contributed by atoms with E-state index in [1.807, 2.05) is 26.8 Å². The highest BCUT2D eigenvalue weighted by atomic mass is 19.1. The number of amides is 1. The summed E-state index contributed by atoms with van der Waals surface area (Å²) in [6.45, 7) is 12.0. The number of aromatic nitrogens is 2. The van der Waals surface area contributed by atoms with Crippen molar-refractivity contribution in [3.05, 3.63) is 71.4 Å². The van der Waals surface area contributed by atoms with E-state index in [4.69, 9.17) is 9.47 Å². The van der Waals surface area contributed by atoms with Gasteiger partial charge in [0.15, 0.2) is 0 Å². The molecule has 9 nitrogen and oxygen atoms in total. The number of nitrogens with zero attached hydrogens (tertiary/aromatic N) is 4. The molecule has 2 unspecified atom stereocenters. The van der Waals surface area contributed by atoms with E-state index < -0.39 is 34.7 Å². The van der Waals surface area contributed by atoms with Gasteiger partial charge < -0.3 is 25.0 Å². The first-order chi connectivity index (χ1) is 21.4. The zero-order chi connectivity index (χ0) is 32.1. The highest BCUT2D eigenvalue weighted by Gasteiger charge is 2.29. The second-order valence-corrected chi connectivity index (χ2v) is 12.8. The number of hydrogen-bond donors (Lipinski definition) is 2. The number of anilines is 2. The molecule has 242 valence electrons. The van der Waals surface area contributed by atoms with Crippen molar-refractivity contribution in [2.24, 2.45) is 5.92 Å². The normalized spacial score (nSPS) is 19.3. The first-order valence-electron chi connectivity index (χ1n) is 15.3. The third-order valence-electron chi connectivity index (χ3n) is 7.73. The lowest BCUT2D eigenvalue weighted by molar-refractivity contribution is 0.0341. The molecule has 2 aliphatic rings. The smallest absolute Gasteiger partial charge is 0.407 e. The van der Waals surface area contributed by atoms with Gasteiger partial charge in [0.2, 0.25) is 0 Å². The average molecular weight is 627 g/mol. The van der Waals surface area contributed by atoms with Crippen molar-refractivity contribution < 1.29 is 27.4 Å². The highest BCUT2D eigenvalue weighted by molar-refractivity contribution is 5.71. The van der Waals surface area contributed by atoms with Crippen LogP contribution in [0.3, 0.4) is 0 Å². The van der Waals surface area contributed by atoms with E-state index in [1.54, 1.807) is 12.4 Å². The second kappa shape index (κ2) is 14.0. The van der Waals surface area contributed by atoms with E-state index in [9.17, 15) is 9.18 Å². The van der Waals surface area contributed by atoms with E-state index in [0.29, 0.717) is 62.3 Å². The maximum atomic E-state index is 15.2. The molecular weight excluding hydrogens is 585 g/mol. The summed E-state index contributed by atoms with van der Waals surface area (Å²) in [4.78, 5) is 25.2. The predicted molar refractivity (Wildman–Crippen MR) is 166 cm³/mol. The Bertz CT molecular complexity index is 1470. The van der Waals surface area contributed by atoms with Gasteiger partial charge in [-0.15, -0.1) is 0 Å². The Morgan fingerprint density at radius 2 is 1.80 bits per heavy atom. The van der Waals surface area contributed by atoms with Gasteiger partial charge in [-0.1, -0.05) is 6.92 Å². The molecule has 0 aliphatic carbocycles. The Balaban J connectivity index is 1.29. The molecule has 2 N–H and O–H groups in total. The molecule has 0 radical (unpaired) electrons. The van der Waals surface area contributed by atoms with E-state index >= 15 is 8.78 Å². The number of rotatable bonds is 8. The molecule has 2 fully saturated rings. The molecule has 1 aromatic carbocycles. The van der Waals surface area contributed by atoms with Crippen LogP contribution in [0.25, 0.3) is 11.3 Å². The Morgan fingerprint density at radius 1 is 1.07 bits per heavy atom. The van der Waals surface area contributed by atoms with Crippen LogP contribution in [-0.4, -0.2) is 72.0 Å². The van der Waals surface area contributed by atoms with Crippen LogP contribution >= 0.6 is 0 Å². The molecule has 4 heterocycles. The second-order valence-electron chi connectivity index (χ2n) is 12.8. The minimum atomic E-state index is -0.863. The average Bonchev–Trinajstić information content (AvgIpc) is 2.96. The SMILES string of the molecule is CC1CC(NC(=O)OC(C)(C)C)CN(c2ccncc2NCc2ccc(F)c(-c3c(F)cc(CN4CCOCC4)cc3F)n2)C1. The van der Waals surface area contributed by atoms with Crippen LogP contribution in [-0.2, 0) is 22.6 Å². The number of hydrogen-bond acceptors (Lipinski definition) is 8. The van der Waals surface area contributed by atoms with Gasteiger partial charge in [-0.2, -0.15) is 0 Å².